The number of allylic oxidation sites excluding steroid dienone is 3. The van der Waals surface area contributed by atoms with E-state index in [1.54, 1.807) is 83.1 Å². The van der Waals surface area contributed by atoms with Crippen LogP contribution in [0.2, 0.25) is 0 Å². The molecule has 0 radical (unpaired) electrons. The van der Waals surface area contributed by atoms with Crippen LogP contribution in [0.1, 0.15) is 129 Å². The van der Waals surface area contributed by atoms with Crippen LogP contribution in [0.4, 0.5) is 0 Å². The van der Waals surface area contributed by atoms with E-state index in [-0.39, 0.29) is 12.3 Å². The van der Waals surface area contributed by atoms with E-state index >= 15 is 9.13 Å². The zero-order valence-corrected chi connectivity index (χ0v) is 40.1. The number of esters is 3. The van der Waals surface area contributed by atoms with Crippen molar-refractivity contribution in [3.05, 3.63) is 35.2 Å². The number of aliphatic hydroxyl groups is 2. The van der Waals surface area contributed by atoms with Crippen molar-refractivity contribution in [1.29, 1.82) is 0 Å². The van der Waals surface area contributed by atoms with Crippen LogP contribution in [0.15, 0.2) is 29.5 Å². The fraction of sp³-hybridized carbons (Fsp3) is 0.775. The summed E-state index contributed by atoms with van der Waals surface area (Å²) in [6.07, 6.45) is 5.65. The third-order valence-corrected chi connectivity index (χ3v) is 14.6. The average Bonchev–Trinajstić information content (AvgIpc) is 3.56. The molecular formula is C40H71N3O15P2. The minimum Gasteiger partial charge on any atom is -0.438 e. The van der Waals surface area contributed by atoms with Crippen molar-refractivity contribution in [1.82, 2.24) is 15.0 Å². The zero-order chi connectivity index (χ0) is 46.4. The van der Waals surface area contributed by atoms with Gasteiger partial charge in [-0.25, -0.2) is 0 Å². The van der Waals surface area contributed by atoms with E-state index in [2.05, 4.69) is 10.3 Å². The lowest BCUT2D eigenvalue weighted by Crippen LogP contribution is -2.36. The van der Waals surface area contributed by atoms with Crippen molar-refractivity contribution in [2.75, 3.05) is 33.8 Å². The number of aliphatic hydroxyl groups excluding tert-OH is 2. The summed E-state index contributed by atoms with van der Waals surface area (Å²) in [5, 5.41) is 28.3. The molecule has 0 amide bonds. The molecule has 346 valence electrons. The molecule has 0 saturated heterocycles. The highest BCUT2D eigenvalue weighted by atomic mass is 31.2. The molecule has 0 fully saturated rings. The van der Waals surface area contributed by atoms with Crippen molar-refractivity contribution in [2.45, 2.75) is 147 Å². The smallest absolute Gasteiger partial charge is 0.354 e. The van der Waals surface area contributed by atoms with Crippen molar-refractivity contribution in [3.63, 3.8) is 0 Å². The third kappa shape index (κ3) is 17.9. The summed E-state index contributed by atoms with van der Waals surface area (Å²) >= 11 is 0. The number of aromatic nitrogens is 3. The number of aryl methyl sites for hydroxylation is 1. The second-order valence-corrected chi connectivity index (χ2v) is 24.2. The molecule has 0 aliphatic rings. The molecular weight excluding hydrogens is 824 g/mol. The lowest BCUT2D eigenvalue weighted by Gasteiger charge is -2.39. The van der Waals surface area contributed by atoms with Crippen LogP contribution in [0.5, 0.6) is 0 Å². The Bertz CT molecular complexity index is 1680. The summed E-state index contributed by atoms with van der Waals surface area (Å²) < 4.78 is 76.7. The molecule has 60 heavy (non-hydrogen) atoms. The van der Waals surface area contributed by atoms with Crippen LogP contribution >= 0.6 is 15.2 Å². The predicted molar refractivity (Wildman–Crippen MR) is 223 cm³/mol. The predicted octanol–water partition coefficient (Wildman–Crippen LogP) is 8.02. The summed E-state index contributed by atoms with van der Waals surface area (Å²) in [6, 6.07) is 0. The SMILES string of the molecule is C/C(=C/CC/C(C)=C/CCn1cc(CC(C)(P(=O)(OCOC(=O)C(C)(C)C)OCOC(=O)C(C)(C)C)P(=O)(OCOC(=O)C(C)(C)C)OCOC(O)C(C)(C)C)nn1)CO. The molecule has 1 rings (SSSR count). The molecule has 0 aliphatic heterocycles. The van der Waals surface area contributed by atoms with Crippen LogP contribution in [-0.4, -0.2) is 88.1 Å². The third-order valence-electron chi connectivity index (χ3n) is 8.68. The molecule has 0 aliphatic carbocycles. The Morgan fingerprint density at radius 3 is 1.52 bits per heavy atom. The van der Waals surface area contributed by atoms with Crippen LogP contribution in [0.25, 0.3) is 0 Å². The highest BCUT2D eigenvalue weighted by Gasteiger charge is 2.63. The summed E-state index contributed by atoms with van der Waals surface area (Å²) in [7, 11) is -10.2. The number of nitrogens with zero attached hydrogens (tertiary/aromatic N) is 3. The quantitative estimate of drug-likeness (QED) is 0.0329. The Morgan fingerprint density at radius 2 is 1.12 bits per heavy atom. The Morgan fingerprint density at radius 1 is 0.700 bits per heavy atom. The lowest BCUT2D eigenvalue weighted by atomic mass is 9.96. The summed E-state index contributed by atoms with van der Waals surface area (Å²) in [5.74, 6) is -2.22. The van der Waals surface area contributed by atoms with Gasteiger partial charge in [0.1, 0.15) is 0 Å². The Kier molecular flexibility index (Phi) is 21.2. The van der Waals surface area contributed by atoms with Gasteiger partial charge in [0.15, 0.2) is 18.0 Å². The van der Waals surface area contributed by atoms with Gasteiger partial charge in [0.2, 0.25) is 20.4 Å². The fourth-order valence-corrected chi connectivity index (χ4v) is 9.15. The average molecular weight is 896 g/mol. The number of rotatable bonds is 24. The second-order valence-electron chi connectivity index (χ2n) is 18.9. The van der Waals surface area contributed by atoms with E-state index in [0.717, 1.165) is 24.0 Å². The first-order chi connectivity index (χ1) is 27.3. The normalized spacial score (nSPS) is 16.1. The standard InChI is InChI=1S/C40H71N3O15P2/c1-29(18-16-19-30(2)24-44)20-17-21-43-23-31(41-42-43)22-40(15,59(49,55-25-51-32(45)36(3,4)5)56-26-52-33(46)37(6,7)8)60(50,57-27-53-34(47)38(9,10)11)58-28-54-35(48)39(12,13)14/h19-20,23,32,44-45H,16-18,21-22,24-28H2,1-15H3/b29-20+,30-19-. The molecule has 0 bridgehead atoms. The minimum absolute atomic E-state index is 0.00587. The molecule has 0 spiro atoms. The molecule has 20 heteroatoms. The molecule has 1 heterocycles. The first-order valence-electron chi connectivity index (χ1n) is 19.7. The van der Waals surface area contributed by atoms with Gasteiger partial charge < -0.3 is 29.2 Å². The van der Waals surface area contributed by atoms with Gasteiger partial charge in [0.25, 0.3) is 0 Å². The monoisotopic (exact) mass is 895 g/mol. The van der Waals surface area contributed by atoms with Gasteiger partial charge in [0, 0.05) is 24.6 Å². The van der Waals surface area contributed by atoms with Crippen molar-refractivity contribution < 1.29 is 70.8 Å². The molecule has 1 aromatic rings. The summed E-state index contributed by atoms with van der Waals surface area (Å²) in [6.45, 7) is 20.9. The molecule has 2 N–H and O–H groups in total. The van der Waals surface area contributed by atoms with E-state index in [4.69, 9.17) is 37.0 Å². The Hall–Kier alpha value is -2.79. The van der Waals surface area contributed by atoms with Crippen molar-refractivity contribution >= 4 is 33.1 Å². The highest BCUT2D eigenvalue weighted by Crippen LogP contribution is 2.78. The van der Waals surface area contributed by atoms with Crippen LogP contribution in [-0.2, 0) is 73.5 Å². The Labute approximate surface area is 356 Å². The number of carbonyl (C=O) groups is 3. The van der Waals surface area contributed by atoms with Gasteiger partial charge in [-0.2, -0.15) is 0 Å². The van der Waals surface area contributed by atoms with Crippen LogP contribution < -0.4 is 0 Å². The van der Waals surface area contributed by atoms with E-state index in [1.165, 1.54) is 17.8 Å². The number of carbonyl (C=O) groups excluding carboxylic acids is 3. The van der Waals surface area contributed by atoms with Gasteiger partial charge in [-0.15, -0.1) is 5.10 Å². The van der Waals surface area contributed by atoms with Gasteiger partial charge in [-0.1, -0.05) is 49.3 Å². The van der Waals surface area contributed by atoms with Crippen molar-refractivity contribution in [2.24, 2.45) is 21.7 Å². The first kappa shape index (κ1) is 55.2. The van der Waals surface area contributed by atoms with E-state index in [9.17, 15) is 24.6 Å². The van der Waals surface area contributed by atoms with Gasteiger partial charge in [-0.05, 0) is 102 Å². The minimum atomic E-state index is -5.12. The molecule has 3 unspecified atom stereocenters. The van der Waals surface area contributed by atoms with E-state index in [1.807, 2.05) is 26.0 Å². The second kappa shape index (κ2) is 23.1. The summed E-state index contributed by atoms with van der Waals surface area (Å²) in [5.41, 5.74) is -1.73. The van der Waals surface area contributed by atoms with Gasteiger partial charge >= 0.3 is 33.1 Å². The largest absolute Gasteiger partial charge is 0.438 e. The van der Waals surface area contributed by atoms with Gasteiger partial charge in [0.05, 0.1) is 28.5 Å². The number of hydrogen-bond donors (Lipinski definition) is 2. The maximum absolute atomic E-state index is 15.4. The number of hydrogen-bond acceptors (Lipinski definition) is 17. The van der Waals surface area contributed by atoms with Crippen LogP contribution in [0.3, 0.4) is 0 Å². The van der Waals surface area contributed by atoms with E-state index in [0.29, 0.717) is 13.0 Å². The maximum Gasteiger partial charge on any atom is 0.354 e. The lowest BCUT2D eigenvalue weighted by molar-refractivity contribution is -0.193. The first-order valence-corrected chi connectivity index (χ1v) is 22.8. The topological polar surface area (TPSA) is 230 Å². The maximum atomic E-state index is 15.4. The molecule has 1 aromatic heterocycles. The summed E-state index contributed by atoms with van der Waals surface area (Å²) in [4.78, 5) is 35.8. The zero-order valence-electron chi connectivity index (χ0n) is 38.3. The fourth-order valence-electron chi connectivity index (χ4n) is 4.51. The van der Waals surface area contributed by atoms with Crippen molar-refractivity contribution in [3.8, 4) is 0 Å². The Balaban J connectivity index is 3.87. The van der Waals surface area contributed by atoms with Gasteiger partial charge in [-0.3, -0.25) is 46.3 Å². The molecule has 0 saturated carbocycles. The van der Waals surface area contributed by atoms with Crippen LogP contribution in [0, 0.1) is 21.7 Å². The highest BCUT2D eigenvalue weighted by molar-refractivity contribution is 7.74. The molecule has 3 atom stereocenters. The number of ether oxygens (including phenoxy) is 4. The van der Waals surface area contributed by atoms with E-state index < -0.39 is 99.5 Å². The molecule has 18 nitrogen and oxygen atoms in total. The molecule has 0 aromatic carbocycles.